The highest BCUT2D eigenvalue weighted by Crippen LogP contribution is 2.19. The minimum Gasteiger partial charge on any atom is -0.496 e. The minimum atomic E-state index is -0.0968. The van der Waals surface area contributed by atoms with E-state index in [0.29, 0.717) is 12.8 Å². The van der Waals surface area contributed by atoms with Crippen molar-refractivity contribution in [1.29, 1.82) is 0 Å². The van der Waals surface area contributed by atoms with Crippen LogP contribution in [0.3, 0.4) is 0 Å². The van der Waals surface area contributed by atoms with Gasteiger partial charge >= 0.3 is 0 Å². The molecule has 1 aromatic carbocycles. The van der Waals surface area contributed by atoms with Crippen molar-refractivity contribution in [2.75, 3.05) is 33.4 Å². The van der Waals surface area contributed by atoms with E-state index >= 15 is 0 Å². The molecule has 0 fully saturated rings. The average Bonchev–Trinajstić information content (AvgIpc) is 2.44. The first-order chi connectivity index (χ1) is 9.22. The fourth-order valence-electron chi connectivity index (χ4n) is 1.91. The largest absolute Gasteiger partial charge is 0.496 e. The molecule has 0 saturated heterocycles. The third-order valence-corrected chi connectivity index (χ3v) is 2.89. The van der Waals surface area contributed by atoms with Crippen molar-refractivity contribution < 1.29 is 19.7 Å². The highest BCUT2D eigenvalue weighted by Gasteiger charge is 2.13. The molecule has 1 rings (SSSR count). The zero-order valence-corrected chi connectivity index (χ0v) is 11.2. The Bertz CT molecular complexity index is 389. The number of rotatable bonds is 8. The summed E-state index contributed by atoms with van der Waals surface area (Å²) in [6.45, 7) is 0.317. The highest BCUT2D eigenvalue weighted by atomic mass is 16.5. The number of ether oxygens (including phenoxy) is 1. The molecule has 0 aliphatic rings. The molecule has 0 unspecified atom stereocenters. The van der Waals surface area contributed by atoms with Gasteiger partial charge in [0.05, 0.1) is 20.3 Å². The van der Waals surface area contributed by atoms with Gasteiger partial charge in [-0.25, -0.2) is 0 Å². The van der Waals surface area contributed by atoms with E-state index in [9.17, 15) is 4.79 Å². The molecule has 0 aliphatic heterocycles. The molecular weight excluding hydrogens is 246 g/mol. The van der Waals surface area contributed by atoms with Gasteiger partial charge in [-0.05, 0) is 18.1 Å². The topological polar surface area (TPSA) is 70.0 Å². The molecule has 0 bridgehead atoms. The normalized spacial score (nSPS) is 10.3. The Kier molecular flexibility index (Phi) is 6.92. The fourth-order valence-corrected chi connectivity index (χ4v) is 1.91. The number of para-hydroxylation sites is 1. The van der Waals surface area contributed by atoms with E-state index in [1.165, 1.54) is 4.90 Å². The Morgan fingerprint density at radius 1 is 1.21 bits per heavy atom. The molecule has 0 atom stereocenters. The number of aliphatic hydroxyl groups excluding tert-OH is 2. The molecule has 0 heterocycles. The number of carbonyl (C=O) groups excluding carboxylic acids is 1. The molecular formula is C14H21NO4. The standard InChI is InChI=1S/C14H21NO4/c1-19-13-5-3-2-4-12(13)6-7-14(18)15(8-10-16)9-11-17/h2-5,16-17H,6-11H2,1H3. The SMILES string of the molecule is COc1ccccc1CCC(=O)N(CCO)CCO. The van der Waals surface area contributed by atoms with Gasteiger partial charge in [0, 0.05) is 19.5 Å². The van der Waals surface area contributed by atoms with Crippen LogP contribution in [0.4, 0.5) is 0 Å². The monoisotopic (exact) mass is 267 g/mol. The Morgan fingerprint density at radius 3 is 2.42 bits per heavy atom. The molecule has 5 nitrogen and oxygen atoms in total. The smallest absolute Gasteiger partial charge is 0.223 e. The van der Waals surface area contributed by atoms with E-state index in [1.54, 1.807) is 7.11 Å². The van der Waals surface area contributed by atoms with Gasteiger partial charge in [-0.2, -0.15) is 0 Å². The predicted molar refractivity (Wildman–Crippen MR) is 72.1 cm³/mol. The summed E-state index contributed by atoms with van der Waals surface area (Å²) in [5.41, 5.74) is 0.978. The number of methoxy groups -OCH3 is 1. The van der Waals surface area contributed by atoms with Crippen molar-refractivity contribution in [2.24, 2.45) is 0 Å². The Hall–Kier alpha value is -1.59. The van der Waals surface area contributed by atoms with Crippen LogP contribution in [0.15, 0.2) is 24.3 Å². The van der Waals surface area contributed by atoms with Crippen molar-refractivity contribution in [3.05, 3.63) is 29.8 Å². The van der Waals surface area contributed by atoms with Crippen molar-refractivity contribution in [1.82, 2.24) is 4.90 Å². The second-order valence-corrected chi connectivity index (χ2v) is 4.14. The van der Waals surface area contributed by atoms with E-state index in [4.69, 9.17) is 14.9 Å². The van der Waals surface area contributed by atoms with Crippen molar-refractivity contribution >= 4 is 5.91 Å². The van der Waals surface area contributed by atoms with Gasteiger partial charge < -0.3 is 19.8 Å². The van der Waals surface area contributed by atoms with Crippen molar-refractivity contribution in [3.8, 4) is 5.75 Å². The lowest BCUT2D eigenvalue weighted by Gasteiger charge is -2.20. The van der Waals surface area contributed by atoms with Gasteiger partial charge in [0.25, 0.3) is 0 Å². The molecule has 106 valence electrons. The molecule has 0 saturated carbocycles. The average molecular weight is 267 g/mol. The lowest BCUT2D eigenvalue weighted by atomic mass is 10.1. The number of amides is 1. The van der Waals surface area contributed by atoms with E-state index < -0.39 is 0 Å². The summed E-state index contributed by atoms with van der Waals surface area (Å²) in [5.74, 6) is 0.695. The quantitative estimate of drug-likeness (QED) is 0.717. The molecule has 1 amide bonds. The molecule has 5 heteroatoms. The number of aliphatic hydroxyl groups is 2. The van der Waals surface area contributed by atoms with E-state index in [2.05, 4.69) is 0 Å². The maximum Gasteiger partial charge on any atom is 0.223 e. The van der Waals surface area contributed by atoms with Crippen LogP contribution >= 0.6 is 0 Å². The highest BCUT2D eigenvalue weighted by molar-refractivity contribution is 5.76. The molecule has 0 aliphatic carbocycles. The van der Waals surface area contributed by atoms with Crippen LogP contribution in [0.25, 0.3) is 0 Å². The lowest BCUT2D eigenvalue weighted by molar-refractivity contribution is -0.132. The summed E-state index contributed by atoms with van der Waals surface area (Å²) in [6, 6.07) is 7.57. The van der Waals surface area contributed by atoms with Crippen molar-refractivity contribution in [3.63, 3.8) is 0 Å². The van der Waals surface area contributed by atoms with Crippen molar-refractivity contribution in [2.45, 2.75) is 12.8 Å². The van der Waals surface area contributed by atoms with Crippen LogP contribution in [-0.4, -0.2) is 54.4 Å². The summed E-state index contributed by atoms with van der Waals surface area (Å²) in [6.07, 6.45) is 0.913. The zero-order chi connectivity index (χ0) is 14.1. The molecule has 19 heavy (non-hydrogen) atoms. The summed E-state index contributed by atoms with van der Waals surface area (Å²) < 4.78 is 5.23. The number of nitrogens with zero attached hydrogens (tertiary/aromatic N) is 1. The van der Waals surface area contributed by atoms with Crippen LogP contribution in [0.5, 0.6) is 5.75 Å². The van der Waals surface area contributed by atoms with E-state index in [0.717, 1.165) is 11.3 Å². The summed E-state index contributed by atoms with van der Waals surface area (Å²) in [7, 11) is 1.60. The molecule has 2 N–H and O–H groups in total. The fraction of sp³-hybridized carbons (Fsp3) is 0.500. The minimum absolute atomic E-state index is 0.0750. The first-order valence-electron chi connectivity index (χ1n) is 6.34. The van der Waals surface area contributed by atoms with E-state index in [-0.39, 0.29) is 32.2 Å². The van der Waals surface area contributed by atoms with Crippen LogP contribution in [0, 0.1) is 0 Å². The molecule has 1 aromatic rings. The second-order valence-electron chi connectivity index (χ2n) is 4.14. The van der Waals surface area contributed by atoms with Gasteiger partial charge in [-0.3, -0.25) is 4.79 Å². The number of hydrogen-bond acceptors (Lipinski definition) is 4. The number of carbonyl (C=O) groups is 1. The maximum absolute atomic E-state index is 12.0. The Morgan fingerprint density at radius 2 is 1.84 bits per heavy atom. The third kappa shape index (κ3) is 4.89. The lowest BCUT2D eigenvalue weighted by Crippen LogP contribution is -2.36. The predicted octanol–water partition coefficient (Wildman–Crippen LogP) is 0.441. The summed E-state index contributed by atoms with van der Waals surface area (Å²) >= 11 is 0. The van der Waals surface area contributed by atoms with Gasteiger partial charge in [0.2, 0.25) is 5.91 Å². The van der Waals surface area contributed by atoms with Gasteiger partial charge in [-0.1, -0.05) is 18.2 Å². The molecule has 0 spiro atoms. The van der Waals surface area contributed by atoms with Crippen LogP contribution in [0.1, 0.15) is 12.0 Å². The Labute approximate surface area is 113 Å². The van der Waals surface area contributed by atoms with Crippen LogP contribution in [-0.2, 0) is 11.2 Å². The number of hydrogen-bond donors (Lipinski definition) is 2. The molecule has 0 radical (unpaired) electrons. The van der Waals surface area contributed by atoms with Gasteiger partial charge in [0.1, 0.15) is 5.75 Å². The molecule has 0 aromatic heterocycles. The van der Waals surface area contributed by atoms with Gasteiger partial charge in [-0.15, -0.1) is 0 Å². The Balaban J connectivity index is 2.56. The van der Waals surface area contributed by atoms with Crippen LogP contribution in [0.2, 0.25) is 0 Å². The first-order valence-corrected chi connectivity index (χ1v) is 6.34. The third-order valence-electron chi connectivity index (χ3n) is 2.89. The first kappa shape index (κ1) is 15.5. The van der Waals surface area contributed by atoms with Gasteiger partial charge in [0.15, 0.2) is 0 Å². The summed E-state index contributed by atoms with van der Waals surface area (Å²) in [4.78, 5) is 13.4. The summed E-state index contributed by atoms with van der Waals surface area (Å²) in [5, 5.41) is 17.8. The van der Waals surface area contributed by atoms with Crippen LogP contribution < -0.4 is 4.74 Å². The van der Waals surface area contributed by atoms with E-state index in [1.807, 2.05) is 24.3 Å². The number of benzene rings is 1. The zero-order valence-electron chi connectivity index (χ0n) is 11.2. The second kappa shape index (κ2) is 8.50. The maximum atomic E-state index is 12.0. The number of aryl methyl sites for hydroxylation is 1.